The summed E-state index contributed by atoms with van der Waals surface area (Å²) in [6, 6.07) is 0.691. The number of nitrogens with zero attached hydrogens (tertiary/aromatic N) is 1. The van der Waals surface area contributed by atoms with Crippen molar-refractivity contribution in [1.29, 1.82) is 0 Å². The first-order valence-electron chi connectivity index (χ1n) is 6.43. The molecule has 2 rings (SSSR count). The molecular formula is C13H22NO2+. The molecule has 0 amide bonds. The fourth-order valence-electron chi connectivity index (χ4n) is 3.16. The van der Waals surface area contributed by atoms with Gasteiger partial charge in [0.1, 0.15) is 6.20 Å². The minimum atomic E-state index is -0.764. The van der Waals surface area contributed by atoms with Crippen molar-refractivity contribution in [2.24, 2.45) is 0 Å². The Bertz CT molecular complexity index is 299. The zero-order chi connectivity index (χ0) is 11.6. The summed E-state index contributed by atoms with van der Waals surface area (Å²) in [4.78, 5) is 10.9. The van der Waals surface area contributed by atoms with E-state index in [2.05, 4.69) is 0 Å². The fraction of sp³-hybridized carbons (Fsp3) is 0.769. The molecule has 1 saturated heterocycles. The lowest BCUT2D eigenvalue weighted by Crippen LogP contribution is -2.60. The number of carbonyl (C=O) groups is 1. The maximum absolute atomic E-state index is 10.9. The van der Waals surface area contributed by atoms with E-state index in [1.807, 2.05) is 6.20 Å². The zero-order valence-corrected chi connectivity index (χ0v) is 10.1. The first kappa shape index (κ1) is 11.6. The van der Waals surface area contributed by atoms with Crippen molar-refractivity contribution in [3.8, 4) is 0 Å². The largest absolute Gasteiger partial charge is 0.478 e. The van der Waals surface area contributed by atoms with Crippen molar-refractivity contribution in [1.82, 2.24) is 0 Å². The quantitative estimate of drug-likeness (QED) is 0.591. The molecule has 0 aromatic rings. The molecule has 16 heavy (non-hydrogen) atoms. The minimum absolute atomic E-state index is 0.519. The van der Waals surface area contributed by atoms with Gasteiger partial charge in [-0.1, -0.05) is 6.42 Å². The van der Waals surface area contributed by atoms with Crippen LogP contribution in [0.3, 0.4) is 0 Å². The second-order valence-corrected chi connectivity index (χ2v) is 5.31. The molecule has 1 aliphatic carbocycles. The maximum Gasteiger partial charge on any atom is 0.336 e. The average molecular weight is 224 g/mol. The second kappa shape index (κ2) is 4.58. The van der Waals surface area contributed by atoms with E-state index in [1.165, 1.54) is 38.5 Å². The number of carboxylic acid groups (broad SMARTS) is 1. The van der Waals surface area contributed by atoms with E-state index in [0.29, 0.717) is 11.6 Å². The molecule has 2 fully saturated rings. The van der Waals surface area contributed by atoms with Crippen molar-refractivity contribution in [2.45, 2.75) is 51.5 Å². The van der Waals surface area contributed by atoms with Crippen molar-refractivity contribution < 1.29 is 14.4 Å². The van der Waals surface area contributed by atoms with E-state index in [1.54, 1.807) is 6.92 Å². The molecule has 0 radical (unpaired) electrons. The SMILES string of the molecule is CC(=C[N+]1(C2CCCCC2)CCC1)C(=O)O. The number of rotatable bonds is 3. The summed E-state index contributed by atoms with van der Waals surface area (Å²) in [6.07, 6.45) is 9.84. The predicted molar refractivity (Wildman–Crippen MR) is 62.9 cm³/mol. The van der Waals surface area contributed by atoms with Gasteiger partial charge < -0.3 is 5.11 Å². The molecule has 0 bridgehead atoms. The van der Waals surface area contributed by atoms with Crippen LogP contribution in [0.2, 0.25) is 0 Å². The van der Waals surface area contributed by atoms with E-state index in [0.717, 1.165) is 17.6 Å². The van der Waals surface area contributed by atoms with Crippen LogP contribution in [0.1, 0.15) is 45.4 Å². The van der Waals surface area contributed by atoms with E-state index in [4.69, 9.17) is 5.11 Å². The third-order valence-corrected chi connectivity index (χ3v) is 4.24. The molecule has 0 aromatic heterocycles. The summed E-state index contributed by atoms with van der Waals surface area (Å²) >= 11 is 0. The minimum Gasteiger partial charge on any atom is -0.478 e. The maximum atomic E-state index is 10.9. The summed E-state index contributed by atoms with van der Waals surface area (Å²) in [5.74, 6) is -0.764. The Labute approximate surface area is 97.3 Å². The lowest BCUT2D eigenvalue weighted by atomic mass is 9.89. The highest BCUT2D eigenvalue weighted by Gasteiger charge is 2.42. The van der Waals surface area contributed by atoms with Crippen LogP contribution in [0.25, 0.3) is 0 Å². The molecular weight excluding hydrogens is 202 g/mol. The molecule has 1 heterocycles. The highest BCUT2D eigenvalue weighted by atomic mass is 16.4. The molecule has 2 aliphatic rings. The summed E-state index contributed by atoms with van der Waals surface area (Å²) in [5.41, 5.74) is 0.519. The van der Waals surface area contributed by atoms with Gasteiger partial charge in [-0.3, -0.25) is 4.48 Å². The third-order valence-electron chi connectivity index (χ3n) is 4.24. The molecule has 0 atom stereocenters. The normalized spacial score (nSPS) is 26.2. The van der Waals surface area contributed by atoms with Gasteiger partial charge in [0.2, 0.25) is 0 Å². The lowest BCUT2D eigenvalue weighted by Gasteiger charge is -2.49. The predicted octanol–water partition coefficient (Wildman–Crippen LogP) is 2.53. The standard InChI is InChI=1S/C13H21NO2/c1-11(13(15)16)10-14(8-5-9-14)12-6-3-2-4-7-12/h10,12H,2-9H2,1H3/p+1. The van der Waals surface area contributed by atoms with E-state index in [9.17, 15) is 4.79 Å². The van der Waals surface area contributed by atoms with Gasteiger partial charge in [0.05, 0.1) is 24.7 Å². The van der Waals surface area contributed by atoms with Crippen LogP contribution < -0.4 is 0 Å². The molecule has 0 spiro atoms. The van der Waals surface area contributed by atoms with Crippen LogP contribution in [0.5, 0.6) is 0 Å². The first-order chi connectivity index (χ1) is 7.64. The van der Waals surface area contributed by atoms with Crippen LogP contribution >= 0.6 is 0 Å². The van der Waals surface area contributed by atoms with Crippen LogP contribution in [0.4, 0.5) is 0 Å². The van der Waals surface area contributed by atoms with Crippen LogP contribution in [0, 0.1) is 0 Å². The van der Waals surface area contributed by atoms with Crippen molar-refractivity contribution in [3.05, 3.63) is 11.8 Å². The monoisotopic (exact) mass is 224 g/mol. The summed E-state index contributed by atoms with van der Waals surface area (Å²) in [6.45, 7) is 4.02. The van der Waals surface area contributed by atoms with Gasteiger partial charge in [0, 0.05) is 6.42 Å². The van der Waals surface area contributed by atoms with Crippen molar-refractivity contribution in [2.75, 3.05) is 13.1 Å². The fourth-order valence-corrected chi connectivity index (χ4v) is 3.16. The van der Waals surface area contributed by atoms with Crippen LogP contribution in [0.15, 0.2) is 11.8 Å². The summed E-state index contributed by atoms with van der Waals surface area (Å²) in [5, 5.41) is 8.99. The third kappa shape index (κ3) is 2.14. The van der Waals surface area contributed by atoms with E-state index >= 15 is 0 Å². The Morgan fingerprint density at radius 1 is 1.19 bits per heavy atom. The van der Waals surface area contributed by atoms with Crippen molar-refractivity contribution >= 4 is 5.97 Å². The number of aliphatic carboxylic acids is 1. The van der Waals surface area contributed by atoms with Crippen LogP contribution in [-0.4, -0.2) is 34.7 Å². The van der Waals surface area contributed by atoms with Gasteiger partial charge in [-0.05, 0) is 32.6 Å². The highest BCUT2D eigenvalue weighted by molar-refractivity contribution is 5.85. The topological polar surface area (TPSA) is 37.3 Å². The summed E-state index contributed by atoms with van der Waals surface area (Å²) < 4.78 is 0.956. The number of quaternary nitrogens is 1. The van der Waals surface area contributed by atoms with Gasteiger partial charge in [-0.25, -0.2) is 4.79 Å². The van der Waals surface area contributed by atoms with Crippen LogP contribution in [-0.2, 0) is 4.79 Å². The second-order valence-electron chi connectivity index (χ2n) is 5.31. The van der Waals surface area contributed by atoms with Gasteiger partial charge in [0.25, 0.3) is 0 Å². The first-order valence-corrected chi connectivity index (χ1v) is 6.43. The van der Waals surface area contributed by atoms with Gasteiger partial charge in [-0.15, -0.1) is 0 Å². The number of hydrogen-bond acceptors (Lipinski definition) is 1. The Balaban J connectivity index is 2.12. The molecule has 90 valence electrons. The molecule has 1 N–H and O–H groups in total. The summed E-state index contributed by atoms with van der Waals surface area (Å²) in [7, 11) is 0. The smallest absolute Gasteiger partial charge is 0.336 e. The van der Waals surface area contributed by atoms with Crippen molar-refractivity contribution in [3.63, 3.8) is 0 Å². The Hall–Kier alpha value is -0.830. The number of hydrogen-bond donors (Lipinski definition) is 1. The molecule has 1 aliphatic heterocycles. The van der Waals surface area contributed by atoms with Gasteiger partial charge in [0.15, 0.2) is 0 Å². The zero-order valence-electron chi connectivity index (χ0n) is 10.1. The molecule has 3 nitrogen and oxygen atoms in total. The highest BCUT2D eigenvalue weighted by Crippen LogP contribution is 2.35. The molecule has 1 saturated carbocycles. The molecule has 3 heteroatoms. The van der Waals surface area contributed by atoms with E-state index < -0.39 is 5.97 Å². The Morgan fingerprint density at radius 3 is 2.25 bits per heavy atom. The molecule has 0 aromatic carbocycles. The number of carboxylic acids is 1. The average Bonchev–Trinajstić information content (AvgIpc) is 2.24. The molecule has 0 unspecified atom stereocenters. The van der Waals surface area contributed by atoms with Gasteiger partial charge >= 0.3 is 5.97 Å². The van der Waals surface area contributed by atoms with E-state index in [-0.39, 0.29) is 0 Å². The number of likely N-dealkylation sites (tertiary alicyclic amines) is 1. The lowest BCUT2D eigenvalue weighted by molar-refractivity contribution is -0.942. The Morgan fingerprint density at radius 2 is 1.81 bits per heavy atom. The Kier molecular flexibility index (Phi) is 3.33. The van der Waals surface area contributed by atoms with Gasteiger partial charge in [-0.2, -0.15) is 0 Å².